The van der Waals surface area contributed by atoms with E-state index >= 15 is 0 Å². The van der Waals surface area contributed by atoms with Crippen LogP contribution < -0.4 is 0 Å². The van der Waals surface area contributed by atoms with Crippen molar-refractivity contribution in [3.8, 4) is 0 Å². The van der Waals surface area contributed by atoms with Crippen LogP contribution in [0.4, 0.5) is 0 Å². The molecule has 0 heteroatoms. The second-order valence-corrected chi connectivity index (χ2v) is 3.82. The molecule has 0 heterocycles. The molecule has 0 amide bonds. The molecule has 0 unspecified atom stereocenters. The monoisotopic (exact) mass is 132 g/mol. The van der Waals surface area contributed by atoms with Crippen LogP contribution in [-0.4, -0.2) is 0 Å². The fraction of sp³-hybridized carbons (Fsp3) is 0.600. The lowest BCUT2D eigenvalue weighted by atomic mass is 9.88. The largest absolute Gasteiger partial charge is 0.0876 e. The number of hydrogen-bond donors (Lipinski definition) is 0. The lowest BCUT2D eigenvalue weighted by molar-refractivity contribution is 0.536. The Balaban J connectivity index is 1.98. The first kappa shape index (κ1) is 5.17. The van der Waals surface area contributed by atoms with Crippen LogP contribution in [0.5, 0.6) is 0 Å². The molecule has 0 N–H and O–H groups in total. The molecule has 3 aliphatic carbocycles. The fourth-order valence-electron chi connectivity index (χ4n) is 2.57. The molecule has 0 spiro atoms. The van der Waals surface area contributed by atoms with Gasteiger partial charge in [0.2, 0.25) is 0 Å². The van der Waals surface area contributed by atoms with Crippen LogP contribution in [0, 0.1) is 17.8 Å². The standard InChI is InChI=1S/C10H12/c1-2-4-9-7(3-1)5-8-6-10(8)9/h1-2,5,8-10H,3-4,6H2/t8-,9-,10+/m0/s1. The molecule has 0 aromatic heterocycles. The van der Waals surface area contributed by atoms with Crippen LogP contribution in [0.3, 0.4) is 0 Å². The highest BCUT2D eigenvalue weighted by Gasteiger charge is 2.47. The summed E-state index contributed by atoms with van der Waals surface area (Å²) in [5.74, 6) is 3.08. The lowest BCUT2D eigenvalue weighted by Crippen LogP contribution is -2.05. The van der Waals surface area contributed by atoms with E-state index in [2.05, 4.69) is 18.2 Å². The molecule has 0 saturated heterocycles. The molecule has 1 saturated carbocycles. The van der Waals surface area contributed by atoms with Crippen molar-refractivity contribution in [2.75, 3.05) is 0 Å². The summed E-state index contributed by atoms with van der Waals surface area (Å²) in [7, 11) is 0. The minimum atomic E-state index is 0.981. The van der Waals surface area contributed by atoms with Crippen molar-refractivity contribution in [3.05, 3.63) is 23.8 Å². The average molecular weight is 132 g/mol. The third kappa shape index (κ3) is 0.524. The smallest absolute Gasteiger partial charge is 0.0131 e. The van der Waals surface area contributed by atoms with Crippen LogP contribution in [0.15, 0.2) is 23.8 Å². The van der Waals surface area contributed by atoms with E-state index < -0.39 is 0 Å². The Bertz CT molecular complexity index is 222. The Labute approximate surface area is 61.6 Å². The van der Waals surface area contributed by atoms with Crippen molar-refractivity contribution in [2.24, 2.45) is 17.8 Å². The van der Waals surface area contributed by atoms with E-state index in [1.54, 1.807) is 5.57 Å². The van der Waals surface area contributed by atoms with Gasteiger partial charge >= 0.3 is 0 Å². The molecule has 0 nitrogen and oxygen atoms in total. The Morgan fingerprint density at radius 1 is 1.30 bits per heavy atom. The maximum absolute atomic E-state index is 2.54. The molecule has 0 aromatic rings. The van der Waals surface area contributed by atoms with E-state index in [1.165, 1.54) is 19.3 Å². The van der Waals surface area contributed by atoms with Gasteiger partial charge in [-0.25, -0.2) is 0 Å². The predicted molar refractivity (Wildman–Crippen MR) is 41.5 cm³/mol. The van der Waals surface area contributed by atoms with Crippen molar-refractivity contribution in [2.45, 2.75) is 19.3 Å². The Morgan fingerprint density at radius 3 is 3.20 bits per heavy atom. The minimum Gasteiger partial charge on any atom is -0.0876 e. The summed E-state index contributed by atoms with van der Waals surface area (Å²) in [6, 6.07) is 0. The molecule has 0 aliphatic heterocycles. The quantitative estimate of drug-likeness (QED) is 0.444. The first-order valence-electron chi connectivity index (χ1n) is 4.31. The zero-order valence-corrected chi connectivity index (χ0v) is 6.09. The van der Waals surface area contributed by atoms with Gasteiger partial charge in [0.25, 0.3) is 0 Å². The van der Waals surface area contributed by atoms with Crippen LogP contribution in [-0.2, 0) is 0 Å². The molecule has 10 heavy (non-hydrogen) atoms. The predicted octanol–water partition coefficient (Wildman–Crippen LogP) is 2.53. The Kier molecular flexibility index (Phi) is 0.803. The third-order valence-corrected chi connectivity index (χ3v) is 3.22. The van der Waals surface area contributed by atoms with Crippen molar-refractivity contribution >= 4 is 0 Å². The second-order valence-electron chi connectivity index (χ2n) is 3.82. The molecule has 0 bridgehead atoms. The summed E-state index contributed by atoms with van der Waals surface area (Å²) in [5.41, 5.74) is 1.75. The molecule has 1 fully saturated rings. The molecule has 52 valence electrons. The van der Waals surface area contributed by atoms with Crippen LogP contribution in [0.1, 0.15) is 19.3 Å². The minimum absolute atomic E-state index is 0.981. The molecule has 3 aliphatic rings. The van der Waals surface area contributed by atoms with Gasteiger partial charge in [0.15, 0.2) is 0 Å². The zero-order valence-electron chi connectivity index (χ0n) is 6.09. The van der Waals surface area contributed by atoms with Gasteiger partial charge in [0.1, 0.15) is 0 Å². The van der Waals surface area contributed by atoms with Gasteiger partial charge in [-0.3, -0.25) is 0 Å². The summed E-state index contributed by atoms with van der Waals surface area (Å²) in [5, 5.41) is 0. The van der Waals surface area contributed by atoms with Gasteiger partial charge in [-0.2, -0.15) is 0 Å². The van der Waals surface area contributed by atoms with Gasteiger partial charge in [0.05, 0.1) is 0 Å². The average Bonchev–Trinajstić information content (AvgIpc) is 2.64. The van der Waals surface area contributed by atoms with Crippen molar-refractivity contribution in [1.29, 1.82) is 0 Å². The highest BCUT2D eigenvalue weighted by molar-refractivity contribution is 5.30. The van der Waals surface area contributed by atoms with E-state index in [-0.39, 0.29) is 0 Å². The Morgan fingerprint density at radius 2 is 2.30 bits per heavy atom. The third-order valence-electron chi connectivity index (χ3n) is 3.22. The molecule has 3 rings (SSSR count). The number of fused-ring (bicyclic) bond motifs is 3. The highest BCUT2D eigenvalue weighted by Crippen LogP contribution is 2.56. The topological polar surface area (TPSA) is 0 Å². The van der Waals surface area contributed by atoms with Crippen molar-refractivity contribution in [1.82, 2.24) is 0 Å². The first-order chi connectivity index (χ1) is 4.95. The lowest BCUT2D eigenvalue weighted by Gasteiger charge is -2.17. The van der Waals surface area contributed by atoms with Crippen molar-refractivity contribution in [3.63, 3.8) is 0 Å². The van der Waals surface area contributed by atoms with Gasteiger partial charge in [-0.15, -0.1) is 0 Å². The maximum Gasteiger partial charge on any atom is -0.0131 e. The second kappa shape index (κ2) is 1.55. The summed E-state index contributed by atoms with van der Waals surface area (Å²) >= 11 is 0. The molecule has 3 atom stereocenters. The van der Waals surface area contributed by atoms with E-state index in [9.17, 15) is 0 Å². The van der Waals surface area contributed by atoms with E-state index in [1.807, 2.05) is 0 Å². The van der Waals surface area contributed by atoms with Gasteiger partial charge in [0, 0.05) is 0 Å². The first-order valence-corrected chi connectivity index (χ1v) is 4.31. The summed E-state index contributed by atoms with van der Waals surface area (Å²) in [6.45, 7) is 0. The summed E-state index contributed by atoms with van der Waals surface area (Å²) in [6.07, 6.45) is 11.3. The summed E-state index contributed by atoms with van der Waals surface area (Å²) in [4.78, 5) is 0. The van der Waals surface area contributed by atoms with Gasteiger partial charge in [-0.05, 0) is 37.0 Å². The van der Waals surface area contributed by atoms with Crippen LogP contribution >= 0.6 is 0 Å². The Hall–Kier alpha value is -0.520. The number of rotatable bonds is 0. The molecular weight excluding hydrogens is 120 g/mol. The van der Waals surface area contributed by atoms with Crippen LogP contribution in [0.2, 0.25) is 0 Å². The van der Waals surface area contributed by atoms with E-state index in [4.69, 9.17) is 0 Å². The van der Waals surface area contributed by atoms with Gasteiger partial charge in [-0.1, -0.05) is 23.8 Å². The van der Waals surface area contributed by atoms with Gasteiger partial charge < -0.3 is 0 Å². The summed E-state index contributed by atoms with van der Waals surface area (Å²) < 4.78 is 0. The molecular formula is C10H12. The zero-order chi connectivity index (χ0) is 6.55. The molecule has 0 radical (unpaired) electrons. The van der Waals surface area contributed by atoms with Crippen LogP contribution in [0.25, 0.3) is 0 Å². The van der Waals surface area contributed by atoms with Crippen molar-refractivity contribution < 1.29 is 0 Å². The highest BCUT2D eigenvalue weighted by atomic mass is 14.5. The maximum atomic E-state index is 2.54. The van der Waals surface area contributed by atoms with E-state index in [0.29, 0.717) is 0 Å². The fourth-order valence-corrected chi connectivity index (χ4v) is 2.57. The SMILES string of the molecule is C1=CC[C@H]2C(=C[C@H]3C[C@H]32)C1. The molecule has 0 aromatic carbocycles. The number of hydrogen-bond acceptors (Lipinski definition) is 0. The number of allylic oxidation sites excluding steroid dienone is 4. The normalized spacial score (nSPS) is 48.0. The van der Waals surface area contributed by atoms with E-state index in [0.717, 1.165) is 17.8 Å².